The Morgan fingerprint density at radius 1 is 1.17 bits per heavy atom. The Balaban J connectivity index is 1.48. The number of amides is 1. The van der Waals surface area contributed by atoms with Crippen molar-refractivity contribution in [3.05, 3.63) is 71.9 Å². The van der Waals surface area contributed by atoms with E-state index in [4.69, 9.17) is 9.15 Å². The van der Waals surface area contributed by atoms with Gasteiger partial charge in [0, 0.05) is 6.04 Å². The molecule has 29 heavy (non-hydrogen) atoms. The topological polar surface area (TPSA) is 77.2 Å². The Labute approximate surface area is 171 Å². The third-order valence-electron chi connectivity index (χ3n) is 4.39. The van der Waals surface area contributed by atoms with E-state index in [-0.39, 0.29) is 28.8 Å². The first-order valence-electron chi connectivity index (χ1n) is 9.36. The van der Waals surface area contributed by atoms with Crippen molar-refractivity contribution in [1.82, 2.24) is 15.5 Å². The number of aromatic nitrogens is 2. The summed E-state index contributed by atoms with van der Waals surface area (Å²) in [6, 6.07) is 15.8. The van der Waals surface area contributed by atoms with Crippen LogP contribution < -0.4 is 10.1 Å². The van der Waals surface area contributed by atoms with Gasteiger partial charge in [-0.25, -0.2) is 4.39 Å². The standard InChI is InChI=1S/C21H20FN3O3S/c1-13(27-17-10-6-5-9-16(17)22)20-24-25-21(28-20)29-18(14-7-3-2-4-8-14)19(26)23-15-11-12-15/h2-10,13,15,18H,11-12H2,1H3,(H,23,26)/t13-,18+/m1/s1. The van der Waals surface area contributed by atoms with Crippen LogP contribution in [-0.2, 0) is 4.79 Å². The molecule has 2 atom stereocenters. The number of nitrogens with zero attached hydrogens (tertiary/aromatic N) is 2. The van der Waals surface area contributed by atoms with Gasteiger partial charge in [-0.3, -0.25) is 4.79 Å². The minimum Gasteiger partial charge on any atom is -0.478 e. The van der Waals surface area contributed by atoms with Crippen molar-refractivity contribution < 1.29 is 18.3 Å². The Hall–Kier alpha value is -2.87. The Morgan fingerprint density at radius 3 is 2.62 bits per heavy atom. The Morgan fingerprint density at radius 2 is 1.90 bits per heavy atom. The van der Waals surface area contributed by atoms with Gasteiger partial charge in [-0.05, 0) is 49.2 Å². The molecule has 150 valence electrons. The molecule has 1 saturated carbocycles. The molecule has 1 fully saturated rings. The fourth-order valence-corrected chi connectivity index (χ4v) is 3.61. The first kappa shape index (κ1) is 19.4. The minimum absolute atomic E-state index is 0.0842. The maximum atomic E-state index is 13.8. The first-order valence-corrected chi connectivity index (χ1v) is 10.2. The molecule has 1 aliphatic carbocycles. The summed E-state index contributed by atoms with van der Waals surface area (Å²) in [7, 11) is 0. The van der Waals surface area contributed by atoms with Crippen molar-refractivity contribution in [2.24, 2.45) is 0 Å². The van der Waals surface area contributed by atoms with Gasteiger partial charge in [-0.2, -0.15) is 0 Å². The van der Waals surface area contributed by atoms with Gasteiger partial charge in [0.15, 0.2) is 17.7 Å². The maximum absolute atomic E-state index is 13.8. The molecule has 2 aromatic carbocycles. The van der Waals surface area contributed by atoms with E-state index in [9.17, 15) is 9.18 Å². The highest BCUT2D eigenvalue weighted by atomic mass is 32.2. The average Bonchev–Trinajstić information content (AvgIpc) is 3.42. The highest BCUT2D eigenvalue weighted by Gasteiger charge is 2.30. The number of ether oxygens (including phenoxy) is 1. The number of nitrogens with one attached hydrogen (secondary N) is 1. The average molecular weight is 413 g/mol. The molecule has 1 aliphatic rings. The normalized spacial score (nSPS) is 15.5. The van der Waals surface area contributed by atoms with Crippen LogP contribution in [0, 0.1) is 5.82 Å². The summed E-state index contributed by atoms with van der Waals surface area (Å²) in [4.78, 5) is 12.7. The molecule has 1 amide bonds. The fraction of sp³-hybridized carbons (Fsp3) is 0.286. The van der Waals surface area contributed by atoms with E-state index in [0.717, 1.165) is 18.4 Å². The molecule has 1 N–H and O–H groups in total. The molecule has 4 rings (SSSR count). The lowest BCUT2D eigenvalue weighted by Gasteiger charge is -2.15. The lowest BCUT2D eigenvalue weighted by molar-refractivity contribution is -0.120. The molecule has 6 nitrogen and oxygen atoms in total. The first-order chi connectivity index (χ1) is 14.1. The second kappa shape index (κ2) is 8.65. The summed E-state index contributed by atoms with van der Waals surface area (Å²) in [5.74, 6) is -0.225. The van der Waals surface area contributed by atoms with E-state index in [1.165, 1.54) is 23.9 Å². The van der Waals surface area contributed by atoms with Gasteiger partial charge in [0.2, 0.25) is 5.91 Å². The summed E-state index contributed by atoms with van der Waals surface area (Å²) >= 11 is 1.19. The number of thioether (sulfide) groups is 1. The Kier molecular flexibility index (Phi) is 5.80. The van der Waals surface area contributed by atoms with Crippen LogP contribution in [0.5, 0.6) is 5.75 Å². The van der Waals surface area contributed by atoms with Gasteiger partial charge in [-0.15, -0.1) is 10.2 Å². The van der Waals surface area contributed by atoms with E-state index in [1.54, 1.807) is 19.1 Å². The number of carbonyl (C=O) groups is 1. The monoisotopic (exact) mass is 413 g/mol. The SMILES string of the molecule is C[C@@H](Oc1ccccc1F)c1nnc(S[C@H](C(=O)NC2CC2)c2ccccc2)o1. The number of rotatable bonds is 8. The number of benzene rings is 2. The van der Waals surface area contributed by atoms with E-state index in [0.29, 0.717) is 0 Å². The zero-order valence-electron chi connectivity index (χ0n) is 15.7. The molecule has 0 spiro atoms. The van der Waals surface area contributed by atoms with Crippen molar-refractivity contribution >= 4 is 17.7 Å². The molecule has 0 radical (unpaired) electrons. The number of para-hydroxylation sites is 1. The molecule has 1 aromatic heterocycles. The van der Waals surface area contributed by atoms with Gasteiger partial charge in [0.25, 0.3) is 11.1 Å². The molecule has 8 heteroatoms. The van der Waals surface area contributed by atoms with E-state index >= 15 is 0 Å². The Bertz CT molecular complexity index is 978. The van der Waals surface area contributed by atoms with Crippen molar-refractivity contribution in [3.63, 3.8) is 0 Å². The van der Waals surface area contributed by atoms with E-state index in [2.05, 4.69) is 15.5 Å². The van der Waals surface area contributed by atoms with Crippen molar-refractivity contribution in [1.29, 1.82) is 0 Å². The van der Waals surface area contributed by atoms with Crippen molar-refractivity contribution in [3.8, 4) is 5.75 Å². The minimum atomic E-state index is -0.635. The van der Waals surface area contributed by atoms with Crippen LogP contribution >= 0.6 is 11.8 Å². The maximum Gasteiger partial charge on any atom is 0.277 e. The van der Waals surface area contributed by atoms with Gasteiger partial charge in [0.05, 0.1) is 0 Å². The smallest absolute Gasteiger partial charge is 0.277 e. The second-order valence-corrected chi connectivity index (χ2v) is 7.84. The number of hydrogen-bond acceptors (Lipinski definition) is 6. The fourth-order valence-electron chi connectivity index (χ4n) is 2.72. The van der Waals surface area contributed by atoms with Gasteiger partial charge >= 0.3 is 0 Å². The van der Waals surface area contributed by atoms with Crippen molar-refractivity contribution in [2.75, 3.05) is 0 Å². The van der Waals surface area contributed by atoms with Gasteiger partial charge in [0.1, 0.15) is 5.25 Å². The van der Waals surface area contributed by atoms with Crippen LogP contribution in [0.2, 0.25) is 0 Å². The zero-order chi connectivity index (χ0) is 20.2. The summed E-state index contributed by atoms with van der Waals surface area (Å²) in [6.07, 6.45) is 1.38. The summed E-state index contributed by atoms with van der Waals surface area (Å²) in [5.41, 5.74) is 0.853. The molecular weight excluding hydrogens is 393 g/mol. The molecule has 3 aromatic rings. The summed E-state index contributed by atoms with van der Waals surface area (Å²) < 4.78 is 25.1. The van der Waals surface area contributed by atoms with E-state index in [1.807, 2.05) is 30.3 Å². The van der Waals surface area contributed by atoms with Crippen molar-refractivity contribution in [2.45, 2.75) is 42.4 Å². The summed E-state index contributed by atoms with van der Waals surface area (Å²) in [6.45, 7) is 1.70. The lowest BCUT2D eigenvalue weighted by atomic mass is 10.1. The quantitative estimate of drug-likeness (QED) is 0.550. The van der Waals surface area contributed by atoms with Crippen LogP contribution in [0.4, 0.5) is 4.39 Å². The van der Waals surface area contributed by atoms with Crippen LogP contribution in [0.15, 0.2) is 64.2 Å². The molecule has 0 saturated heterocycles. The molecular formula is C21H20FN3O3S. The third kappa shape index (κ3) is 4.95. The van der Waals surface area contributed by atoms with Gasteiger partial charge < -0.3 is 14.5 Å². The predicted octanol–water partition coefficient (Wildman–Crippen LogP) is 4.46. The van der Waals surface area contributed by atoms with Crippen LogP contribution in [0.1, 0.15) is 42.6 Å². The van der Waals surface area contributed by atoms with Crippen LogP contribution in [-0.4, -0.2) is 22.1 Å². The largest absolute Gasteiger partial charge is 0.478 e. The zero-order valence-corrected chi connectivity index (χ0v) is 16.6. The highest BCUT2D eigenvalue weighted by molar-refractivity contribution is 8.00. The van der Waals surface area contributed by atoms with E-state index < -0.39 is 17.2 Å². The highest BCUT2D eigenvalue weighted by Crippen LogP contribution is 2.36. The second-order valence-electron chi connectivity index (χ2n) is 6.79. The lowest BCUT2D eigenvalue weighted by Crippen LogP contribution is -2.29. The van der Waals surface area contributed by atoms with Crippen LogP contribution in [0.3, 0.4) is 0 Å². The van der Waals surface area contributed by atoms with Crippen LogP contribution in [0.25, 0.3) is 0 Å². The molecule has 0 bridgehead atoms. The third-order valence-corrected chi connectivity index (χ3v) is 5.48. The number of halogens is 1. The van der Waals surface area contributed by atoms with Gasteiger partial charge in [-0.1, -0.05) is 42.5 Å². The predicted molar refractivity (Wildman–Crippen MR) is 106 cm³/mol. The molecule has 0 unspecified atom stereocenters. The number of carbonyl (C=O) groups excluding carboxylic acids is 1. The molecule has 0 aliphatic heterocycles. The molecule has 1 heterocycles. The number of hydrogen-bond donors (Lipinski definition) is 1. The summed E-state index contributed by atoms with van der Waals surface area (Å²) in [5, 5.41) is 10.8.